The molecule has 1 saturated heterocycles. The zero-order chi connectivity index (χ0) is 9.14. The van der Waals surface area contributed by atoms with E-state index in [4.69, 9.17) is 5.26 Å². The summed E-state index contributed by atoms with van der Waals surface area (Å²) in [6.07, 6.45) is 0. The van der Waals surface area contributed by atoms with Crippen LogP contribution in [0.15, 0.2) is 0 Å². The first-order chi connectivity index (χ1) is 5.63. The van der Waals surface area contributed by atoms with Crippen molar-refractivity contribution in [1.29, 1.82) is 5.26 Å². The Kier molecular flexibility index (Phi) is 3.11. The van der Waals surface area contributed by atoms with Gasteiger partial charge in [-0.15, -0.1) is 0 Å². The van der Waals surface area contributed by atoms with E-state index in [0.29, 0.717) is 0 Å². The molecule has 0 aliphatic carbocycles. The maximum Gasteiger partial charge on any atom is 0.0666 e. The van der Waals surface area contributed by atoms with Crippen molar-refractivity contribution in [3.63, 3.8) is 0 Å². The highest BCUT2D eigenvalue weighted by Crippen LogP contribution is 2.22. The molecule has 1 heterocycles. The molecule has 0 amide bonds. The second kappa shape index (κ2) is 3.91. The highest BCUT2D eigenvalue weighted by Gasteiger charge is 2.26. The first kappa shape index (κ1) is 9.54. The van der Waals surface area contributed by atoms with Crippen LogP contribution in [-0.4, -0.2) is 24.5 Å². The predicted octanol–water partition coefficient (Wildman–Crippen LogP) is 1.73. The third kappa shape index (κ3) is 2.22. The van der Waals surface area contributed by atoms with Crippen LogP contribution in [0.1, 0.15) is 20.8 Å². The summed E-state index contributed by atoms with van der Waals surface area (Å²) in [5.41, 5.74) is 0. The molecule has 2 heteroatoms. The summed E-state index contributed by atoms with van der Waals surface area (Å²) in [6.45, 7) is 9.88. The quantitative estimate of drug-likeness (QED) is 0.624. The van der Waals surface area contributed by atoms with E-state index in [-0.39, 0.29) is 5.92 Å². The van der Waals surface area contributed by atoms with Crippen LogP contribution in [0.25, 0.3) is 0 Å². The van der Waals surface area contributed by atoms with Gasteiger partial charge in [-0.3, -0.25) is 0 Å². The fourth-order valence-electron chi connectivity index (χ4n) is 1.83. The molecule has 0 bridgehead atoms. The fourth-order valence-corrected chi connectivity index (χ4v) is 1.83. The molecule has 0 aromatic carbocycles. The molecule has 0 aromatic rings. The Morgan fingerprint density at radius 1 is 1.42 bits per heavy atom. The van der Waals surface area contributed by atoms with Crippen molar-refractivity contribution in [2.75, 3.05) is 19.6 Å². The molecule has 3 unspecified atom stereocenters. The van der Waals surface area contributed by atoms with Gasteiger partial charge in [0.15, 0.2) is 0 Å². The summed E-state index contributed by atoms with van der Waals surface area (Å²) < 4.78 is 0. The molecule has 1 rings (SSSR count). The Morgan fingerprint density at radius 3 is 2.33 bits per heavy atom. The Bertz CT molecular complexity index is 173. The van der Waals surface area contributed by atoms with Crippen molar-refractivity contribution in [3.8, 4) is 6.07 Å². The maximum atomic E-state index is 8.65. The molecule has 12 heavy (non-hydrogen) atoms. The van der Waals surface area contributed by atoms with Crippen molar-refractivity contribution < 1.29 is 0 Å². The van der Waals surface area contributed by atoms with Crippen LogP contribution in [0, 0.1) is 29.1 Å². The molecule has 0 radical (unpaired) electrons. The van der Waals surface area contributed by atoms with Gasteiger partial charge in [0.1, 0.15) is 0 Å². The minimum atomic E-state index is 0.183. The van der Waals surface area contributed by atoms with E-state index in [9.17, 15) is 0 Å². The second-order valence-corrected chi connectivity index (χ2v) is 4.20. The summed E-state index contributed by atoms with van der Waals surface area (Å²) in [4.78, 5) is 2.41. The van der Waals surface area contributed by atoms with Crippen LogP contribution >= 0.6 is 0 Å². The van der Waals surface area contributed by atoms with Crippen LogP contribution in [-0.2, 0) is 0 Å². The van der Waals surface area contributed by atoms with Crippen molar-refractivity contribution in [3.05, 3.63) is 0 Å². The fraction of sp³-hybridized carbons (Fsp3) is 0.900. The van der Waals surface area contributed by atoms with E-state index in [1.54, 1.807) is 0 Å². The van der Waals surface area contributed by atoms with Crippen LogP contribution in [0.3, 0.4) is 0 Å². The highest BCUT2D eigenvalue weighted by molar-refractivity contribution is 4.85. The SMILES string of the molecule is CC(C#N)CN1CC(C)C(C)C1. The molecule has 1 aliphatic rings. The lowest BCUT2D eigenvalue weighted by atomic mass is 10.0. The van der Waals surface area contributed by atoms with Gasteiger partial charge in [0, 0.05) is 19.6 Å². The summed E-state index contributed by atoms with van der Waals surface area (Å²) >= 11 is 0. The first-order valence-corrected chi connectivity index (χ1v) is 4.75. The topological polar surface area (TPSA) is 27.0 Å². The third-order valence-electron chi connectivity index (χ3n) is 2.82. The van der Waals surface area contributed by atoms with Crippen molar-refractivity contribution >= 4 is 0 Å². The van der Waals surface area contributed by atoms with E-state index in [1.807, 2.05) is 6.92 Å². The number of rotatable bonds is 2. The van der Waals surface area contributed by atoms with E-state index in [2.05, 4.69) is 24.8 Å². The van der Waals surface area contributed by atoms with Crippen LogP contribution < -0.4 is 0 Å². The minimum absolute atomic E-state index is 0.183. The largest absolute Gasteiger partial charge is 0.301 e. The van der Waals surface area contributed by atoms with Gasteiger partial charge < -0.3 is 4.90 Å². The smallest absolute Gasteiger partial charge is 0.0666 e. The standard InChI is InChI=1S/C10H18N2/c1-8(4-11)5-12-6-9(2)10(3)7-12/h8-10H,5-7H2,1-3H3. The number of nitrogens with zero attached hydrogens (tertiary/aromatic N) is 2. The van der Waals surface area contributed by atoms with E-state index < -0.39 is 0 Å². The van der Waals surface area contributed by atoms with Gasteiger partial charge in [-0.05, 0) is 18.8 Å². The van der Waals surface area contributed by atoms with Crippen molar-refractivity contribution in [1.82, 2.24) is 4.90 Å². The lowest BCUT2D eigenvalue weighted by molar-refractivity contribution is 0.300. The zero-order valence-corrected chi connectivity index (χ0v) is 8.25. The molecule has 1 aliphatic heterocycles. The Hall–Kier alpha value is -0.550. The summed E-state index contributed by atoms with van der Waals surface area (Å²) in [5, 5.41) is 8.65. The average Bonchev–Trinajstić information content (AvgIpc) is 2.31. The normalized spacial score (nSPS) is 33.2. The van der Waals surface area contributed by atoms with Crippen molar-refractivity contribution in [2.45, 2.75) is 20.8 Å². The number of nitriles is 1. The molecule has 0 spiro atoms. The molecular weight excluding hydrogens is 148 g/mol. The van der Waals surface area contributed by atoms with Crippen LogP contribution in [0.4, 0.5) is 0 Å². The van der Waals surface area contributed by atoms with Gasteiger partial charge in [-0.1, -0.05) is 13.8 Å². The lowest BCUT2D eigenvalue weighted by Gasteiger charge is -2.15. The van der Waals surface area contributed by atoms with Crippen molar-refractivity contribution in [2.24, 2.45) is 17.8 Å². The third-order valence-corrected chi connectivity index (χ3v) is 2.82. The van der Waals surface area contributed by atoms with Crippen LogP contribution in [0.2, 0.25) is 0 Å². The molecule has 0 N–H and O–H groups in total. The van der Waals surface area contributed by atoms with Crippen LogP contribution in [0.5, 0.6) is 0 Å². The second-order valence-electron chi connectivity index (χ2n) is 4.20. The molecule has 0 aromatic heterocycles. The van der Waals surface area contributed by atoms with Gasteiger partial charge >= 0.3 is 0 Å². The summed E-state index contributed by atoms with van der Waals surface area (Å²) in [7, 11) is 0. The Labute approximate surface area is 75.2 Å². The molecule has 68 valence electrons. The Balaban J connectivity index is 2.33. The number of hydrogen-bond acceptors (Lipinski definition) is 2. The van der Waals surface area contributed by atoms with Gasteiger partial charge in [0.2, 0.25) is 0 Å². The Morgan fingerprint density at radius 2 is 1.92 bits per heavy atom. The van der Waals surface area contributed by atoms with E-state index >= 15 is 0 Å². The van der Waals surface area contributed by atoms with Gasteiger partial charge in [0.05, 0.1) is 12.0 Å². The summed E-state index contributed by atoms with van der Waals surface area (Å²) in [5.74, 6) is 1.79. The minimum Gasteiger partial charge on any atom is -0.301 e. The van der Waals surface area contributed by atoms with Gasteiger partial charge in [-0.2, -0.15) is 5.26 Å². The number of hydrogen-bond donors (Lipinski definition) is 0. The monoisotopic (exact) mass is 166 g/mol. The molecular formula is C10H18N2. The zero-order valence-electron chi connectivity index (χ0n) is 8.25. The molecule has 1 fully saturated rings. The number of likely N-dealkylation sites (tertiary alicyclic amines) is 1. The van der Waals surface area contributed by atoms with Gasteiger partial charge in [-0.25, -0.2) is 0 Å². The summed E-state index contributed by atoms with van der Waals surface area (Å²) in [6, 6.07) is 2.28. The van der Waals surface area contributed by atoms with E-state index in [1.165, 1.54) is 13.1 Å². The molecule has 2 nitrogen and oxygen atoms in total. The predicted molar refractivity (Wildman–Crippen MR) is 49.5 cm³/mol. The van der Waals surface area contributed by atoms with Gasteiger partial charge in [0.25, 0.3) is 0 Å². The maximum absolute atomic E-state index is 8.65. The molecule has 0 saturated carbocycles. The average molecular weight is 166 g/mol. The lowest BCUT2D eigenvalue weighted by Crippen LogP contribution is -2.25. The van der Waals surface area contributed by atoms with E-state index in [0.717, 1.165) is 18.4 Å². The first-order valence-electron chi connectivity index (χ1n) is 4.75. The molecule has 3 atom stereocenters. The highest BCUT2D eigenvalue weighted by atomic mass is 15.1.